The lowest BCUT2D eigenvalue weighted by molar-refractivity contribution is 0.751. The van der Waals surface area contributed by atoms with Gasteiger partial charge < -0.3 is 4.57 Å². The van der Waals surface area contributed by atoms with Crippen molar-refractivity contribution in [2.45, 2.75) is 6.54 Å². The van der Waals surface area contributed by atoms with E-state index in [9.17, 15) is 4.79 Å². The Bertz CT molecular complexity index is 641. The Kier molecular flexibility index (Phi) is 2.73. The second kappa shape index (κ2) is 4.19. The minimum absolute atomic E-state index is 0.0728. The molecule has 2 nitrogen and oxygen atoms in total. The Balaban J connectivity index is 2.45. The summed E-state index contributed by atoms with van der Waals surface area (Å²) in [6.07, 6.45) is 1.76. The molecule has 1 aromatic carbocycles. The highest BCUT2D eigenvalue weighted by Gasteiger charge is 1.97. The largest absolute Gasteiger partial charge is 0.311 e. The van der Waals surface area contributed by atoms with Crippen LogP contribution >= 0.6 is 0 Å². The third-order valence-corrected chi connectivity index (χ3v) is 2.56. The van der Waals surface area contributed by atoms with Gasteiger partial charge >= 0.3 is 0 Å². The van der Waals surface area contributed by atoms with E-state index in [2.05, 4.69) is 13.2 Å². The summed E-state index contributed by atoms with van der Waals surface area (Å²) in [6, 6.07) is 11.7. The normalized spacial score (nSPS) is 10.2. The van der Waals surface area contributed by atoms with Crippen LogP contribution in [0.1, 0.15) is 5.56 Å². The van der Waals surface area contributed by atoms with Crippen LogP contribution in [0.3, 0.4) is 0 Å². The third-order valence-electron chi connectivity index (χ3n) is 2.56. The van der Waals surface area contributed by atoms with E-state index in [1.807, 2.05) is 36.4 Å². The number of hydrogen-bond acceptors (Lipinski definition) is 1. The van der Waals surface area contributed by atoms with E-state index in [1.54, 1.807) is 10.8 Å². The SMILES string of the molecule is C=c1ccn(Cc2ccccc2)c(=O)c1=C. The summed E-state index contributed by atoms with van der Waals surface area (Å²) in [4.78, 5) is 11.9. The van der Waals surface area contributed by atoms with Crippen molar-refractivity contribution < 1.29 is 0 Å². The second-order valence-corrected chi connectivity index (χ2v) is 3.74. The van der Waals surface area contributed by atoms with Gasteiger partial charge in [-0.2, -0.15) is 0 Å². The highest BCUT2D eigenvalue weighted by Crippen LogP contribution is 1.98. The average Bonchev–Trinajstić information content (AvgIpc) is 2.31. The summed E-state index contributed by atoms with van der Waals surface area (Å²) < 4.78 is 1.65. The van der Waals surface area contributed by atoms with E-state index >= 15 is 0 Å². The maximum absolute atomic E-state index is 11.9. The predicted octanol–water partition coefficient (Wildman–Crippen LogP) is 0.717. The quantitative estimate of drug-likeness (QED) is 0.717. The summed E-state index contributed by atoms with van der Waals surface area (Å²) >= 11 is 0. The Morgan fingerprint density at radius 2 is 1.75 bits per heavy atom. The van der Waals surface area contributed by atoms with E-state index in [1.165, 1.54) is 0 Å². The predicted molar refractivity (Wildman–Crippen MR) is 66.5 cm³/mol. The van der Waals surface area contributed by atoms with Gasteiger partial charge in [-0.15, -0.1) is 0 Å². The van der Waals surface area contributed by atoms with Gasteiger partial charge in [0.15, 0.2) is 0 Å². The van der Waals surface area contributed by atoms with Crippen molar-refractivity contribution in [3.05, 3.63) is 68.9 Å². The van der Waals surface area contributed by atoms with Crippen molar-refractivity contribution in [3.8, 4) is 0 Å². The highest BCUT2D eigenvalue weighted by molar-refractivity contribution is 5.17. The van der Waals surface area contributed by atoms with Gasteiger partial charge in [-0.25, -0.2) is 0 Å². The van der Waals surface area contributed by atoms with Crippen molar-refractivity contribution in [1.29, 1.82) is 0 Å². The minimum atomic E-state index is -0.0728. The maximum atomic E-state index is 11.9. The first-order valence-corrected chi connectivity index (χ1v) is 5.10. The number of rotatable bonds is 2. The Labute approximate surface area is 93.8 Å². The Hall–Kier alpha value is -2.09. The number of pyridine rings is 1. The molecule has 2 heteroatoms. The monoisotopic (exact) mass is 211 g/mol. The molecule has 0 aliphatic heterocycles. The summed E-state index contributed by atoms with van der Waals surface area (Å²) in [5.41, 5.74) is 1.03. The number of benzene rings is 1. The molecule has 0 spiro atoms. The van der Waals surface area contributed by atoms with Crippen LogP contribution < -0.4 is 16.0 Å². The maximum Gasteiger partial charge on any atom is 0.258 e. The van der Waals surface area contributed by atoms with Gasteiger partial charge in [0.05, 0.1) is 6.54 Å². The van der Waals surface area contributed by atoms with Crippen LogP contribution in [0.4, 0.5) is 0 Å². The molecule has 0 radical (unpaired) electrons. The number of hydrogen-bond donors (Lipinski definition) is 0. The molecule has 1 heterocycles. The molecule has 0 N–H and O–H groups in total. The molecule has 0 saturated carbocycles. The van der Waals surface area contributed by atoms with Gasteiger partial charge in [-0.1, -0.05) is 43.5 Å². The molecule has 0 bridgehead atoms. The standard InChI is InChI=1S/C14H13NO/c1-11-8-9-15(14(16)12(11)2)10-13-6-4-3-5-7-13/h3-9H,1-2,10H2. The zero-order valence-corrected chi connectivity index (χ0v) is 9.02. The molecule has 0 aliphatic carbocycles. The topological polar surface area (TPSA) is 22.0 Å². The first-order chi connectivity index (χ1) is 7.68. The lowest BCUT2D eigenvalue weighted by Crippen LogP contribution is -2.42. The molecule has 1 aromatic heterocycles. The summed E-state index contributed by atoms with van der Waals surface area (Å²) in [7, 11) is 0. The van der Waals surface area contributed by atoms with Crippen LogP contribution in [-0.2, 0) is 6.54 Å². The van der Waals surface area contributed by atoms with Gasteiger partial charge in [0.2, 0.25) is 0 Å². The van der Waals surface area contributed by atoms with Gasteiger partial charge in [0.1, 0.15) is 0 Å². The lowest BCUT2D eigenvalue weighted by atomic mass is 10.2. The molecule has 0 unspecified atom stereocenters. The van der Waals surface area contributed by atoms with E-state index < -0.39 is 0 Å². The molecule has 0 atom stereocenters. The van der Waals surface area contributed by atoms with Gasteiger partial charge in [-0.05, 0) is 16.8 Å². The van der Waals surface area contributed by atoms with Crippen LogP contribution in [0.5, 0.6) is 0 Å². The lowest BCUT2D eigenvalue weighted by Gasteiger charge is -2.05. The fourth-order valence-corrected chi connectivity index (χ4v) is 1.56. The van der Waals surface area contributed by atoms with Crippen LogP contribution in [0.25, 0.3) is 13.2 Å². The first-order valence-electron chi connectivity index (χ1n) is 5.10. The van der Waals surface area contributed by atoms with E-state index in [-0.39, 0.29) is 5.56 Å². The zero-order chi connectivity index (χ0) is 11.5. The molecule has 2 aromatic rings. The van der Waals surface area contributed by atoms with Gasteiger partial charge in [0, 0.05) is 11.4 Å². The third kappa shape index (κ3) is 1.96. The smallest absolute Gasteiger partial charge is 0.258 e. The molecule has 0 aliphatic rings. The number of aromatic nitrogens is 1. The van der Waals surface area contributed by atoms with Crippen molar-refractivity contribution in [2.75, 3.05) is 0 Å². The van der Waals surface area contributed by atoms with E-state index in [4.69, 9.17) is 0 Å². The molecule has 16 heavy (non-hydrogen) atoms. The molecule has 0 amide bonds. The number of nitrogens with zero attached hydrogens (tertiary/aromatic N) is 1. The Morgan fingerprint density at radius 1 is 1.06 bits per heavy atom. The van der Waals surface area contributed by atoms with Crippen molar-refractivity contribution in [2.24, 2.45) is 0 Å². The molecular weight excluding hydrogens is 198 g/mol. The van der Waals surface area contributed by atoms with Gasteiger partial charge in [0.25, 0.3) is 5.56 Å². The molecular formula is C14H13NO. The Morgan fingerprint density at radius 3 is 2.44 bits per heavy atom. The fourth-order valence-electron chi connectivity index (χ4n) is 1.56. The molecule has 0 saturated heterocycles. The van der Waals surface area contributed by atoms with Gasteiger partial charge in [-0.3, -0.25) is 4.79 Å². The summed E-state index contributed by atoms with van der Waals surface area (Å²) in [6.45, 7) is 8.05. The molecule has 2 rings (SSSR count). The van der Waals surface area contributed by atoms with Crippen LogP contribution in [0, 0.1) is 0 Å². The van der Waals surface area contributed by atoms with Crippen LogP contribution in [-0.4, -0.2) is 4.57 Å². The summed E-state index contributed by atoms with van der Waals surface area (Å²) in [5.74, 6) is 0. The van der Waals surface area contributed by atoms with Crippen molar-refractivity contribution in [3.63, 3.8) is 0 Å². The minimum Gasteiger partial charge on any atom is -0.311 e. The van der Waals surface area contributed by atoms with E-state index in [0.717, 1.165) is 5.56 Å². The van der Waals surface area contributed by atoms with Crippen LogP contribution in [0.2, 0.25) is 0 Å². The van der Waals surface area contributed by atoms with Crippen LogP contribution in [0.15, 0.2) is 47.4 Å². The highest BCUT2D eigenvalue weighted by atomic mass is 16.1. The zero-order valence-electron chi connectivity index (χ0n) is 9.02. The van der Waals surface area contributed by atoms with Crippen molar-refractivity contribution in [1.82, 2.24) is 4.57 Å². The molecule has 80 valence electrons. The molecule has 0 fully saturated rings. The second-order valence-electron chi connectivity index (χ2n) is 3.74. The average molecular weight is 211 g/mol. The van der Waals surface area contributed by atoms with Crippen molar-refractivity contribution >= 4 is 13.2 Å². The van der Waals surface area contributed by atoms with E-state index in [0.29, 0.717) is 17.0 Å². The summed E-state index contributed by atoms with van der Waals surface area (Å²) in [5, 5.41) is 1.16. The fraction of sp³-hybridized carbons (Fsp3) is 0.0714. The first kappa shape index (κ1) is 10.4.